The maximum absolute atomic E-state index is 12.2. The van der Waals surface area contributed by atoms with E-state index in [1.807, 2.05) is 18.2 Å². The summed E-state index contributed by atoms with van der Waals surface area (Å²) in [6, 6.07) is 20.9. The topological polar surface area (TPSA) is 123 Å². The van der Waals surface area contributed by atoms with E-state index < -0.39 is 10.8 Å². The molecular weight excluding hydrogens is 432 g/mol. The number of hydrogen-bond acceptors (Lipinski definition) is 6. The fraction of sp³-hybridized carbons (Fsp3) is 0.0455. The molecule has 2 amide bonds. The van der Waals surface area contributed by atoms with Crippen molar-refractivity contribution in [3.63, 3.8) is 0 Å². The highest BCUT2D eigenvalue weighted by atomic mass is 32.1. The van der Waals surface area contributed by atoms with Crippen molar-refractivity contribution in [2.45, 2.75) is 0 Å². The largest absolute Gasteiger partial charge is 0.484 e. The average molecular weight is 450 g/mol. The van der Waals surface area contributed by atoms with Crippen molar-refractivity contribution in [2.24, 2.45) is 0 Å². The number of para-hydroxylation sites is 1. The zero-order valence-electron chi connectivity index (χ0n) is 16.6. The van der Waals surface area contributed by atoms with Crippen LogP contribution in [0.3, 0.4) is 0 Å². The number of amides is 2. The molecule has 0 aliphatic carbocycles. The Labute approximate surface area is 188 Å². The normalized spacial score (nSPS) is 10.0. The monoisotopic (exact) mass is 450 g/mol. The highest BCUT2D eigenvalue weighted by Gasteiger charge is 2.11. The average Bonchev–Trinajstić information content (AvgIpc) is 2.78. The van der Waals surface area contributed by atoms with Crippen molar-refractivity contribution in [3.8, 4) is 5.75 Å². The van der Waals surface area contributed by atoms with E-state index in [-0.39, 0.29) is 28.9 Å². The number of non-ortho nitro benzene ring substituents is 1. The van der Waals surface area contributed by atoms with Crippen LogP contribution in [0.15, 0.2) is 78.9 Å². The Morgan fingerprint density at radius 1 is 0.906 bits per heavy atom. The molecule has 0 heterocycles. The van der Waals surface area contributed by atoms with Gasteiger partial charge in [-0.15, -0.1) is 0 Å². The van der Waals surface area contributed by atoms with Gasteiger partial charge in [0.05, 0.1) is 4.92 Å². The van der Waals surface area contributed by atoms with E-state index in [4.69, 9.17) is 17.0 Å². The van der Waals surface area contributed by atoms with Crippen molar-refractivity contribution in [1.82, 2.24) is 5.32 Å². The fourth-order valence-electron chi connectivity index (χ4n) is 2.61. The van der Waals surface area contributed by atoms with Gasteiger partial charge in [0, 0.05) is 29.1 Å². The molecule has 9 nitrogen and oxygen atoms in total. The number of ether oxygens (including phenoxy) is 1. The first kappa shape index (κ1) is 22.4. The fourth-order valence-corrected chi connectivity index (χ4v) is 2.82. The van der Waals surface area contributed by atoms with Gasteiger partial charge in [0.2, 0.25) is 0 Å². The van der Waals surface area contributed by atoms with Crippen LogP contribution in [0.1, 0.15) is 10.4 Å². The molecule has 0 unspecified atom stereocenters. The van der Waals surface area contributed by atoms with Crippen LogP contribution < -0.4 is 20.7 Å². The van der Waals surface area contributed by atoms with Crippen molar-refractivity contribution < 1.29 is 19.2 Å². The summed E-state index contributed by atoms with van der Waals surface area (Å²) in [5.41, 5.74) is 1.16. The van der Waals surface area contributed by atoms with Crippen molar-refractivity contribution >= 4 is 46.2 Å². The summed E-state index contributed by atoms with van der Waals surface area (Å²) < 4.78 is 5.41. The lowest BCUT2D eigenvalue weighted by Crippen LogP contribution is -2.34. The summed E-state index contributed by atoms with van der Waals surface area (Å²) in [6.07, 6.45) is 0. The molecule has 0 bridgehead atoms. The van der Waals surface area contributed by atoms with E-state index in [0.29, 0.717) is 17.1 Å². The van der Waals surface area contributed by atoms with E-state index in [9.17, 15) is 19.7 Å². The van der Waals surface area contributed by atoms with E-state index in [1.54, 1.807) is 36.4 Å². The number of anilines is 2. The lowest BCUT2D eigenvalue weighted by atomic mass is 10.2. The second kappa shape index (κ2) is 10.6. The van der Waals surface area contributed by atoms with Gasteiger partial charge in [-0.1, -0.05) is 24.3 Å². The molecular formula is C22H18N4O5S. The van der Waals surface area contributed by atoms with Crippen LogP contribution >= 0.6 is 12.2 Å². The second-order valence-corrected chi connectivity index (χ2v) is 6.85. The maximum Gasteiger partial charge on any atom is 0.269 e. The molecule has 0 saturated heterocycles. The summed E-state index contributed by atoms with van der Waals surface area (Å²) in [7, 11) is 0. The van der Waals surface area contributed by atoms with Gasteiger partial charge in [-0.3, -0.25) is 25.0 Å². The zero-order chi connectivity index (χ0) is 22.9. The van der Waals surface area contributed by atoms with Gasteiger partial charge in [0.25, 0.3) is 17.5 Å². The molecule has 0 spiro atoms. The second-order valence-electron chi connectivity index (χ2n) is 6.44. The molecule has 0 aromatic heterocycles. The molecule has 0 fully saturated rings. The molecule has 3 rings (SSSR count). The number of nitrogens with one attached hydrogen (secondary N) is 3. The third-order valence-corrected chi connectivity index (χ3v) is 4.29. The number of rotatable bonds is 7. The number of nitrogens with zero attached hydrogens (tertiary/aromatic N) is 1. The third kappa shape index (κ3) is 6.61. The first-order valence-corrected chi connectivity index (χ1v) is 9.76. The van der Waals surface area contributed by atoms with Crippen LogP contribution in [0.2, 0.25) is 0 Å². The summed E-state index contributed by atoms with van der Waals surface area (Å²) in [4.78, 5) is 34.5. The van der Waals surface area contributed by atoms with Crippen molar-refractivity contribution in [2.75, 3.05) is 17.2 Å². The quantitative estimate of drug-likeness (QED) is 0.285. The first-order chi connectivity index (χ1) is 15.4. The molecule has 3 aromatic rings. The SMILES string of the molecule is O=C(COc1ccccc1)Nc1cccc(NC(=S)NC(=O)c2ccc([N+](=O)[O-])cc2)c1. The van der Waals surface area contributed by atoms with Gasteiger partial charge in [-0.2, -0.15) is 0 Å². The number of carbonyl (C=O) groups is 2. The molecule has 0 atom stereocenters. The third-order valence-electron chi connectivity index (χ3n) is 4.08. The van der Waals surface area contributed by atoms with Crippen LogP contribution in [0.4, 0.5) is 17.1 Å². The van der Waals surface area contributed by atoms with Gasteiger partial charge < -0.3 is 15.4 Å². The predicted octanol–water partition coefficient (Wildman–Crippen LogP) is 3.74. The Bertz CT molecular complexity index is 1140. The van der Waals surface area contributed by atoms with Crippen molar-refractivity contribution in [1.29, 1.82) is 0 Å². The van der Waals surface area contributed by atoms with Crippen LogP contribution in [0.25, 0.3) is 0 Å². The summed E-state index contributed by atoms with van der Waals surface area (Å²) in [5.74, 6) is -0.257. The Kier molecular flexibility index (Phi) is 7.44. The van der Waals surface area contributed by atoms with Crippen LogP contribution in [-0.2, 0) is 4.79 Å². The number of carbonyl (C=O) groups excluding carboxylic acids is 2. The molecule has 0 saturated carbocycles. The summed E-state index contributed by atoms with van der Waals surface area (Å²) in [6.45, 7) is -0.147. The Balaban J connectivity index is 1.52. The Morgan fingerprint density at radius 2 is 1.56 bits per heavy atom. The van der Waals surface area contributed by atoms with Gasteiger partial charge in [-0.05, 0) is 54.7 Å². The summed E-state index contributed by atoms with van der Waals surface area (Å²) >= 11 is 5.15. The molecule has 0 radical (unpaired) electrons. The molecule has 0 aliphatic heterocycles. The molecule has 162 valence electrons. The molecule has 3 aromatic carbocycles. The minimum atomic E-state index is -0.548. The van der Waals surface area contributed by atoms with Gasteiger partial charge in [-0.25, -0.2) is 0 Å². The van der Waals surface area contributed by atoms with Crippen LogP contribution in [0, 0.1) is 10.1 Å². The van der Waals surface area contributed by atoms with Gasteiger partial charge >= 0.3 is 0 Å². The van der Waals surface area contributed by atoms with Crippen molar-refractivity contribution in [3.05, 3.63) is 94.5 Å². The lowest BCUT2D eigenvalue weighted by Gasteiger charge is -2.12. The Hall–Kier alpha value is -4.31. The number of hydrogen-bond donors (Lipinski definition) is 3. The molecule has 32 heavy (non-hydrogen) atoms. The van der Waals surface area contributed by atoms with Crippen LogP contribution in [0.5, 0.6) is 5.75 Å². The number of nitro groups is 1. The van der Waals surface area contributed by atoms with Gasteiger partial charge in [0.15, 0.2) is 11.7 Å². The smallest absolute Gasteiger partial charge is 0.269 e. The minimum absolute atomic E-state index is 0.0317. The Morgan fingerprint density at radius 3 is 2.22 bits per heavy atom. The first-order valence-electron chi connectivity index (χ1n) is 9.35. The minimum Gasteiger partial charge on any atom is -0.484 e. The number of thiocarbonyl (C=S) groups is 1. The molecule has 0 aliphatic rings. The predicted molar refractivity (Wildman–Crippen MR) is 124 cm³/mol. The highest BCUT2D eigenvalue weighted by molar-refractivity contribution is 7.80. The number of nitro benzene ring substituents is 1. The maximum atomic E-state index is 12.2. The van der Waals surface area contributed by atoms with E-state index in [0.717, 1.165) is 0 Å². The molecule has 3 N–H and O–H groups in total. The highest BCUT2D eigenvalue weighted by Crippen LogP contribution is 2.16. The van der Waals surface area contributed by atoms with E-state index >= 15 is 0 Å². The van der Waals surface area contributed by atoms with E-state index in [2.05, 4.69) is 16.0 Å². The van der Waals surface area contributed by atoms with E-state index in [1.165, 1.54) is 24.3 Å². The van der Waals surface area contributed by atoms with Gasteiger partial charge in [0.1, 0.15) is 5.75 Å². The number of benzene rings is 3. The molecule has 10 heteroatoms. The zero-order valence-corrected chi connectivity index (χ0v) is 17.4. The standard InChI is InChI=1S/C22H18N4O5S/c27-20(14-31-19-7-2-1-3-8-19)23-16-5-4-6-17(13-16)24-22(32)25-21(28)15-9-11-18(12-10-15)26(29)30/h1-13H,14H2,(H,23,27)(H2,24,25,28,32). The summed E-state index contributed by atoms with van der Waals surface area (Å²) in [5, 5.41) is 18.8. The lowest BCUT2D eigenvalue weighted by molar-refractivity contribution is -0.384. The van der Waals surface area contributed by atoms with Crippen LogP contribution in [-0.4, -0.2) is 28.5 Å².